The molecule has 0 spiro atoms. The molecule has 0 fully saturated rings. The molecule has 1 atom stereocenters. The Morgan fingerprint density at radius 2 is 1.67 bits per heavy atom. The van der Waals surface area contributed by atoms with Gasteiger partial charge in [0, 0.05) is 18.7 Å². The van der Waals surface area contributed by atoms with Crippen LogP contribution in [0.4, 0.5) is 23.1 Å². The molecule has 16 heteroatoms. The first-order valence-electron chi connectivity index (χ1n) is 14.5. The van der Waals surface area contributed by atoms with Crippen molar-refractivity contribution in [3.63, 3.8) is 0 Å². The molecular weight excluding hydrogens is 662 g/mol. The second kappa shape index (κ2) is 15.4. The summed E-state index contributed by atoms with van der Waals surface area (Å²) in [4.78, 5) is 33.4. The fraction of sp³-hybridized carbons (Fsp3) is 0.188. The smallest absolute Gasteiger partial charge is 0.310 e. The number of benzene rings is 3. The normalized spacial score (nSPS) is 11.7. The van der Waals surface area contributed by atoms with Crippen molar-refractivity contribution in [2.45, 2.75) is 23.3 Å². The lowest BCUT2D eigenvalue weighted by atomic mass is 10.1. The number of nitrogens with zero attached hydrogens (tertiary/aromatic N) is 4. The van der Waals surface area contributed by atoms with Gasteiger partial charge in [-0.3, -0.25) is 9.59 Å². The van der Waals surface area contributed by atoms with Crippen molar-refractivity contribution in [3.05, 3.63) is 101 Å². The second-order valence-electron chi connectivity index (χ2n) is 10.4. The molecule has 5 rings (SSSR count). The molecule has 0 aliphatic carbocycles. The number of carbonyl (C=O) groups excluding carboxylic acids is 2. The van der Waals surface area contributed by atoms with Gasteiger partial charge in [-0.15, -0.1) is 0 Å². The van der Waals surface area contributed by atoms with E-state index >= 15 is 0 Å². The molecule has 1 unspecified atom stereocenters. The van der Waals surface area contributed by atoms with Crippen LogP contribution in [0.3, 0.4) is 0 Å². The third-order valence-electron chi connectivity index (χ3n) is 6.73. The van der Waals surface area contributed by atoms with Crippen LogP contribution in [0, 0.1) is 5.92 Å². The number of anilines is 4. The lowest BCUT2D eigenvalue weighted by molar-refractivity contribution is -0.144. The summed E-state index contributed by atoms with van der Waals surface area (Å²) in [6.45, 7) is 1.80. The number of aromatic nitrogens is 4. The first-order chi connectivity index (χ1) is 23.1. The molecule has 0 aliphatic rings. The molecule has 48 heavy (non-hydrogen) atoms. The summed E-state index contributed by atoms with van der Waals surface area (Å²) in [6.07, 6.45) is 1.46. The predicted octanol–water partition coefficient (Wildman–Crippen LogP) is 4.99. The summed E-state index contributed by atoms with van der Waals surface area (Å²) in [6, 6.07) is 21.7. The van der Waals surface area contributed by atoms with Crippen molar-refractivity contribution in [2.24, 2.45) is 5.92 Å². The third kappa shape index (κ3) is 8.43. The quantitative estimate of drug-likeness (QED) is 0.132. The van der Waals surface area contributed by atoms with E-state index in [9.17, 15) is 18.0 Å². The zero-order valence-corrected chi connectivity index (χ0v) is 27.3. The van der Waals surface area contributed by atoms with Crippen molar-refractivity contribution in [2.75, 3.05) is 30.9 Å². The third-order valence-corrected chi connectivity index (χ3v) is 8.65. The van der Waals surface area contributed by atoms with Gasteiger partial charge in [-0.2, -0.15) is 4.98 Å². The summed E-state index contributed by atoms with van der Waals surface area (Å²) in [5.41, 5.74) is 2.32. The lowest BCUT2D eigenvalue weighted by Gasteiger charge is -2.13. The van der Waals surface area contributed by atoms with Crippen molar-refractivity contribution in [1.29, 1.82) is 0 Å². The highest BCUT2D eigenvalue weighted by molar-refractivity contribution is 7.91. The minimum absolute atomic E-state index is 0.00373. The van der Waals surface area contributed by atoms with Crippen LogP contribution in [0.1, 0.15) is 22.8 Å². The van der Waals surface area contributed by atoms with Crippen molar-refractivity contribution >= 4 is 56.5 Å². The van der Waals surface area contributed by atoms with Crippen molar-refractivity contribution in [1.82, 2.24) is 25.6 Å². The summed E-state index contributed by atoms with van der Waals surface area (Å²) >= 11 is 6.32. The number of halogens is 1. The van der Waals surface area contributed by atoms with Gasteiger partial charge in [0.05, 0.1) is 42.0 Å². The monoisotopic (exact) mass is 691 g/mol. The first-order valence-corrected chi connectivity index (χ1v) is 16.4. The van der Waals surface area contributed by atoms with Crippen LogP contribution >= 0.6 is 11.6 Å². The summed E-state index contributed by atoms with van der Waals surface area (Å²) in [7, 11) is -2.44. The molecule has 0 saturated carbocycles. The number of hydrogen-bond donors (Lipinski definition) is 3. The number of nitrogens with one attached hydrogen (secondary N) is 3. The molecule has 0 radical (unpaired) electrons. The predicted molar refractivity (Wildman–Crippen MR) is 175 cm³/mol. The Kier molecular flexibility index (Phi) is 10.8. The number of esters is 1. The molecule has 5 aromatic rings. The van der Waals surface area contributed by atoms with E-state index in [4.69, 9.17) is 21.1 Å². The van der Waals surface area contributed by atoms with Gasteiger partial charge in [-0.05, 0) is 52.3 Å². The van der Waals surface area contributed by atoms with Crippen molar-refractivity contribution < 1.29 is 32.1 Å². The van der Waals surface area contributed by atoms with Crippen LogP contribution in [0.25, 0.3) is 0 Å². The van der Waals surface area contributed by atoms with Crippen LogP contribution in [-0.2, 0) is 25.8 Å². The Bertz CT molecular complexity index is 1990. The Morgan fingerprint density at radius 1 is 0.938 bits per heavy atom. The Balaban J connectivity index is 1.11. The molecule has 0 bridgehead atoms. The van der Waals surface area contributed by atoms with Gasteiger partial charge in [0.1, 0.15) is 5.02 Å². The van der Waals surface area contributed by atoms with E-state index in [-0.39, 0.29) is 53.2 Å². The zero-order chi connectivity index (χ0) is 34.1. The molecule has 2 heterocycles. The van der Waals surface area contributed by atoms with Crippen LogP contribution in [-0.4, -0.2) is 60.8 Å². The van der Waals surface area contributed by atoms with Gasteiger partial charge in [0.25, 0.3) is 16.8 Å². The highest BCUT2D eigenvalue weighted by Gasteiger charge is 2.28. The van der Waals surface area contributed by atoms with E-state index in [0.29, 0.717) is 28.3 Å². The standard InChI is InChI=1S/C32H30ClN7O7S/c1-20(19-46-30-31(40-47-39-30)48(43,44)23-8-4-3-5-9-23)18-45-27(41)16-21-12-14-22(15-13-21)36-32-35-17-25(33)28(38-32)37-26-11-7-6-10-24(26)29(42)34-2/h3-15,17,20H,16,18-19H2,1-2H3,(H,34,42)(H2,35,36,37,38). The van der Waals surface area contributed by atoms with Crippen LogP contribution < -0.4 is 20.7 Å². The summed E-state index contributed by atoms with van der Waals surface area (Å²) < 4.78 is 41.2. The fourth-order valence-corrected chi connectivity index (χ4v) is 5.60. The van der Waals surface area contributed by atoms with Crippen LogP contribution in [0.2, 0.25) is 5.02 Å². The second-order valence-corrected chi connectivity index (χ2v) is 12.7. The van der Waals surface area contributed by atoms with Gasteiger partial charge in [-0.25, -0.2) is 18.0 Å². The van der Waals surface area contributed by atoms with E-state index in [0.717, 1.165) is 0 Å². The van der Waals surface area contributed by atoms with E-state index in [1.165, 1.54) is 18.3 Å². The van der Waals surface area contributed by atoms with Crippen LogP contribution in [0.15, 0.2) is 99.6 Å². The summed E-state index contributed by atoms with van der Waals surface area (Å²) in [5.74, 6) is -0.711. The van der Waals surface area contributed by atoms with Gasteiger partial charge in [0.15, 0.2) is 5.82 Å². The fourth-order valence-electron chi connectivity index (χ4n) is 4.26. The van der Waals surface area contributed by atoms with Gasteiger partial charge < -0.3 is 25.4 Å². The molecule has 2 aromatic heterocycles. The topological polar surface area (TPSA) is 188 Å². The molecule has 14 nitrogen and oxygen atoms in total. The van der Waals surface area contributed by atoms with E-state index in [1.807, 2.05) is 0 Å². The van der Waals surface area contributed by atoms with Crippen molar-refractivity contribution in [3.8, 4) is 5.88 Å². The number of para-hydroxylation sites is 1. The maximum Gasteiger partial charge on any atom is 0.310 e. The van der Waals surface area contributed by atoms with E-state index in [2.05, 4.69) is 40.9 Å². The molecule has 3 aromatic carbocycles. The maximum atomic E-state index is 12.8. The van der Waals surface area contributed by atoms with E-state index < -0.39 is 20.8 Å². The largest absolute Gasteiger partial charge is 0.473 e. The van der Waals surface area contributed by atoms with Gasteiger partial charge in [-0.1, -0.05) is 61.0 Å². The number of rotatable bonds is 14. The number of hydrogen-bond acceptors (Lipinski definition) is 13. The first kappa shape index (κ1) is 33.8. The number of ether oxygens (including phenoxy) is 2. The molecule has 1 amide bonds. The average molecular weight is 692 g/mol. The SMILES string of the molecule is CNC(=O)c1ccccc1Nc1nc(Nc2ccc(CC(=O)OCC(C)COc3nonc3S(=O)(=O)c3ccccc3)cc2)ncc1Cl. The number of amides is 1. The number of carbonyl (C=O) groups is 2. The Labute approximate surface area is 280 Å². The van der Waals surface area contributed by atoms with Gasteiger partial charge in [0.2, 0.25) is 15.8 Å². The molecular formula is C32H30ClN7O7S. The Morgan fingerprint density at radius 3 is 2.42 bits per heavy atom. The molecule has 0 saturated heterocycles. The molecule has 0 aliphatic heterocycles. The minimum atomic E-state index is -3.99. The zero-order valence-electron chi connectivity index (χ0n) is 25.7. The lowest BCUT2D eigenvalue weighted by Crippen LogP contribution is -2.19. The number of sulfone groups is 1. The van der Waals surface area contributed by atoms with Crippen LogP contribution in [0.5, 0.6) is 5.88 Å². The summed E-state index contributed by atoms with van der Waals surface area (Å²) in [5, 5.41) is 15.7. The molecule has 248 valence electrons. The average Bonchev–Trinajstić information content (AvgIpc) is 3.59. The molecule has 3 N–H and O–H groups in total. The highest BCUT2D eigenvalue weighted by atomic mass is 35.5. The van der Waals surface area contributed by atoms with E-state index in [1.54, 1.807) is 80.7 Å². The Hall–Kier alpha value is -5.54. The maximum absolute atomic E-state index is 12.8. The van der Waals surface area contributed by atoms with Gasteiger partial charge >= 0.3 is 5.97 Å². The highest BCUT2D eigenvalue weighted by Crippen LogP contribution is 2.28. The minimum Gasteiger partial charge on any atom is -0.473 e.